The van der Waals surface area contributed by atoms with E-state index in [1.807, 2.05) is 12.1 Å². The lowest BCUT2D eigenvalue weighted by molar-refractivity contribution is 0.619. The summed E-state index contributed by atoms with van der Waals surface area (Å²) in [5, 5.41) is 13.8. The number of para-hydroxylation sites is 1. The minimum absolute atomic E-state index is 0.0270. The summed E-state index contributed by atoms with van der Waals surface area (Å²) in [6, 6.07) is 13.3. The van der Waals surface area contributed by atoms with Gasteiger partial charge in [-0.3, -0.25) is 0 Å². The monoisotopic (exact) mass is 362 g/mol. The van der Waals surface area contributed by atoms with E-state index in [0.717, 1.165) is 16.8 Å². The van der Waals surface area contributed by atoms with Crippen LogP contribution < -0.4 is 0 Å². The zero-order valence-corrected chi connectivity index (χ0v) is 16.3. The summed E-state index contributed by atoms with van der Waals surface area (Å²) in [5.41, 5.74) is 3.93. The molecular formula is C22H23FN4. The minimum Gasteiger partial charge on any atom is -0.211 e. The Balaban J connectivity index is 2.39. The molecule has 0 saturated heterocycles. The van der Waals surface area contributed by atoms with Crippen molar-refractivity contribution >= 4 is 0 Å². The molecular weight excluding hydrogens is 339 g/mol. The zero-order valence-electron chi connectivity index (χ0n) is 16.3. The Kier molecular flexibility index (Phi) is 5.09. The summed E-state index contributed by atoms with van der Waals surface area (Å²) in [7, 11) is 0. The lowest BCUT2D eigenvalue weighted by Gasteiger charge is -2.20. The first-order valence-electron chi connectivity index (χ1n) is 9.11. The average molecular weight is 362 g/mol. The largest absolute Gasteiger partial charge is 0.253 e. The molecule has 5 heteroatoms. The van der Waals surface area contributed by atoms with Gasteiger partial charge in [-0.1, -0.05) is 58.0 Å². The Bertz CT molecular complexity index is 999. The van der Waals surface area contributed by atoms with Gasteiger partial charge in [-0.15, -0.1) is 5.10 Å². The molecule has 0 aliphatic heterocycles. The number of aromatic nitrogens is 3. The van der Waals surface area contributed by atoms with Crippen LogP contribution in [0.25, 0.3) is 17.1 Å². The van der Waals surface area contributed by atoms with Crippen molar-refractivity contribution in [2.24, 2.45) is 0 Å². The maximum Gasteiger partial charge on any atom is 0.253 e. The van der Waals surface area contributed by atoms with Crippen LogP contribution in [0.2, 0.25) is 0 Å². The van der Waals surface area contributed by atoms with Crippen molar-refractivity contribution in [3.8, 4) is 23.1 Å². The van der Waals surface area contributed by atoms with Gasteiger partial charge in [0.2, 0.25) is 0 Å². The van der Waals surface area contributed by atoms with Crippen molar-refractivity contribution in [2.45, 2.75) is 46.5 Å². The van der Waals surface area contributed by atoms with Gasteiger partial charge in [0.25, 0.3) is 5.82 Å². The van der Waals surface area contributed by atoms with Crippen molar-refractivity contribution < 1.29 is 4.39 Å². The Morgan fingerprint density at radius 3 is 2.15 bits per heavy atom. The van der Waals surface area contributed by atoms with E-state index in [2.05, 4.69) is 49.9 Å². The molecule has 0 saturated carbocycles. The SMILES string of the molecule is Cc1cccc(-c2nc(C#N)nn2-c2c(C(C)C)cccc2C(C)C)c1F. The fourth-order valence-corrected chi connectivity index (χ4v) is 3.27. The Labute approximate surface area is 159 Å². The summed E-state index contributed by atoms with van der Waals surface area (Å²) in [4.78, 5) is 4.33. The van der Waals surface area contributed by atoms with Crippen molar-refractivity contribution in [3.63, 3.8) is 0 Å². The summed E-state index contributed by atoms with van der Waals surface area (Å²) in [5.74, 6) is 0.512. The highest BCUT2D eigenvalue weighted by atomic mass is 19.1. The molecule has 138 valence electrons. The van der Waals surface area contributed by atoms with Gasteiger partial charge in [0, 0.05) is 0 Å². The maximum absolute atomic E-state index is 14.9. The molecule has 0 amide bonds. The summed E-state index contributed by atoms with van der Waals surface area (Å²) < 4.78 is 16.5. The van der Waals surface area contributed by atoms with Gasteiger partial charge in [0.1, 0.15) is 11.9 Å². The standard InChI is InChI=1S/C22H23FN4/c1-13(2)16-9-7-10-17(14(3)4)21(16)27-22(25-19(12-24)26-27)18-11-6-8-15(5)20(18)23/h6-11,13-14H,1-5H3. The van der Waals surface area contributed by atoms with E-state index >= 15 is 0 Å². The predicted octanol–water partition coefficient (Wildman–Crippen LogP) is 5.50. The van der Waals surface area contributed by atoms with Crippen LogP contribution >= 0.6 is 0 Å². The highest BCUT2D eigenvalue weighted by molar-refractivity contribution is 5.63. The predicted molar refractivity (Wildman–Crippen MR) is 104 cm³/mol. The molecule has 0 bridgehead atoms. The summed E-state index contributed by atoms with van der Waals surface area (Å²) in [6.07, 6.45) is 0. The molecule has 0 fully saturated rings. The zero-order chi connectivity index (χ0) is 19.7. The third kappa shape index (κ3) is 3.35. The van der Waals surface area contributed by atoms with Crippen LogP contribution in [-0.2, 0) is 0 Å². The molecule has 0 aliphatic carbocycles. The van der Waals surface area contributed by atoms with Gasteiger partial charge >= 0.3 is 0 Å². The average Bonchev–Trinajstić information content (AvgIpc) is 3.07. The van der Waals surface area contributed by atoms with Crippen LogP contribution in [0.4, 0.5) is 4.39 Å². The van der Waals surface area contributed by atoms with Crippen molar-refractivity contribution in [1.29, 1.82) is 5.26 Å². The number of aryl methyl sites for hydroxylation is 1. The molecule has 1 heterocycles. The Morgan fingerprint density at radius 1 is 1.00 bits per heavy atom. The molecule has 0 N–H and O–H groups in total. The topological polar surface area (TPSA) is 54.5 Å². The molecule has 27 heavy (non-hydrogen) atoms. The molecule has 0 spiro atoms. The normalized spacial score (nSPS) is 11.2. The van der Waals surface area contributed by atoms with Gasteiger partial charge in [-0.25, -0.2) is 9.07 Å². The smallest absolute Gasteiger partial charge is 0.211 e. The van der Waals surface area contributed by atoms with Gasteiger partial charge in [-0.2, -0.15) is 10.2 Å². The van der Waals surface area contributed by atoms with Crippen LogP contribution in [0.5, 0.6) is 0 Å². The second-order valence-electron chi connectivity index (χ2n) is 7.31. The van der Waals surface area contributed by atoms with Crippen LogP contribution in [0.15, 0.2) is 36.4 Å². The highest BCUT2D eigenvalue weighted by Gasteiger charge is 2.23. The summed E-state index contributed by atoms with van der Waals surface area (Å²) in [6.45, 7) is 10.2. The molecule has 0 unspecified atom stereocenters. The molecule has 1 aromatic heterocycles. The molecule has 0 atom stereocenters. The third-order valence-electron chi connectivity index (χ3n) is 4.69. The van der Waals surface area contributed by atoms with Crippen LogP contribution in [0, 0.1) is 24.1 Å². The van der Waals surface area contributed by atoms with Gasteiger partial charge in [0.15, 0.2) is 5.82 Å². The van der Waals surface area contributed by atoms with Crippen molar-refractivity contribution in [3.05, 3.63) is 64.7 Å². The van der Waals surface area contributed by atoms with E-state index in [0.29, 0.717) is 17.0 Å². The molecule has 3 rings (SSSR count). The first-order chi connectivity index (χ1) is 12.8. The van der Waals surface area contributed by atoms with E-state index in [4.69, 9.17) is 0 Å². The number of hydrogen-bond donors (Lipinski definition) is 0. The number of nitrogens with zero attached hydrogens (tertiary/aromatic N) is 4. The summed E-state index contributed by atoms with van der Waals surface area (Å²) >= 11 is 0. The molecule has 0 aliphatic rings. The first kappa shape index (κ1) is 18.8. The third-order valence-corrected chi connectivity index (χ3v) is 4.69. The number of halogens is 1. The first-order valence-corrected chi connectivity index (χ1v) is 9.11. The lowest BCUT2D eigenvalue weighted by atomic mass is 9.92. The van der Waals surface area contributed by atoms with Crippen molar-refractivity contribution in [1.82, 2.24) is 14.8 Å². The van der Waals surface area contributed by atoms with E-state index < -0.39 is 0 Å². The Morgan fingerprint density at radius 2 is 1.59 bits per heavy atom. The van der Waals surface area contributed by atoms with Crippen LogP contribution in [0.1, 0.15) is 62.0 Å². The van der Waals surface area contributed by atoms with E-state index in [-0.39, 0.29) is 23.5 Å². The van der Waals surface area contributed by atoms with Crippen LogP contribution in [0.3, 0.4) is 0 Å². The second-order valence-corrected chi connectivity index (χ2v) is 7.31. The number of benzene rings is 2. The maximum atomic E-state index is 14.9. The number of hydrogen-bond acceptors (Lipinski definition) is 3. The van der Waals surface area contributed by atoms with Gasteiger partial charge < -0.3 is 0 Å². The van der Waals surface area contributed by atoms with Crippen molar-refractivity contribution in [2.75, 3.05) is 0 Å². The Hall–Kier alpha value is -3.00. The fourth-order valence-electron chi connectivity index (χ4n) is 3.27. The molecule has 4 nitrogen and oxygen atoms in total. The second kappa shape index (κ2) is 7.32. The molecule has 0 radical (unpaired) electrons. The van der Waals surface area contributed by atoms with Gasteiger partial charge in [0.05, 0.1) is 11.3 Å². The lowest BCUT2D eigenvalue weighted by Crippen LogP contribution is -2.10. The number of rotatable bonds is 4. The molecule has 3 aromatic rings. The van der Waals surface area contributed by atoms with E-state index in [9.17, 15) is 9.65 Å². The van der Waals surface area contributed by atoms with E-state index in [1.54, 1.807) is 29.8 Å². The van der Waals surface area contributed by atoms with Crippen LogP contribution in [-0.4, -0.2) is 14.8 Å². The highest BCUT2D eigenvalue weighted by Crippen LogP contribution is 2.34. The molecule has 2 aromatic carbocycles. The van der Waals surface area contributed by atoms with Gasteiger partial charge in [-0.05, 0) is 41.5 Å². The fraction of sp³-hybridized carbons (Fsp3) is 0.318. The minimum atomic E-state index is -0.344. The number of nitriles is 1. The van der Waals surface area contributed by atoms with E-state index in [1.165, 1.54) is 0 Å². The quantitative estimate of drug-likeness (QED) is 0.616.